The molecular formula is C23H30N4O4. The lowest BCUT2D eigenvalue weighted by Crippen LogP contribution is -2.47. The van der Waals surface area contributed by atoms with E-state index >= 15 is 0 Å². The Balaban J connectivity index is 2.37. The van der Waals surface area contributed by atoms with Crippen LogP contribution in [0, 0.1) is 16.7 Å². The highest BCUT2D eigenvalue weighted by Crippen LogP contribution is 2.52. The van der Waals surface area contributed by atoms with Crippen molar-refractivity contribution in [1.82, 2.24) is 10.0 Å². The number of benzene rings is 1. The van der Waals surface area contributed by atoms with Gasteiger partial charge >= 0.3 is 0 Å². The van der Waals surface area contributed by atoms with E-state index in [0.717, 1.165) is 5.70 Å². The van der Waals surface area contributed by atoms with Crippen LogP contribution in [-0.4, -0.2) is 51.2 Å². The van der Waals surface area contributed by atoms with Gasteiger partial charge in [0.05, 0.1) is 38.9 Å². The van der Waals surface area contributed by atoms with E-state index in [-0.39, 0.29) is 11.2 Å². The summed E-state index contributed by atoms with van der Waals surface area (Å²) in [6.45, 7) is 4.13. The highest BCUT2D eigenvalue weighted by molar-refractivity contribution is 6.00. The summed E-state index contributed by atoms with van der Waals surface area (Å²) in [7, 11) is 8.31. The summed E-state index contributed by atoms with van der Waals surface area (Å²) >= 11 is 0. The second kappa shape index (κ2) is 8.16. The molecule has 0 amide bonds. The SMILES string of the molecule is COc1cc(OC)c([C@H]2C(C#N)=C(N)N(N(C)C)C3=C2C(=O)CC(C)(C)C3)cc1OC. The molecule has 0 saturated heterocycles. The average molecular weight is 427 g/mol. The highest BCUT2D eigenvalue weighted by Gasteiger charge is 2.45. The van der Waals surface area contributed by atoms with Crippen molar-refractivity contribution in [3.8, 4) is 23.3 Å². The van der Waals surface area contributed by atoms with Crippen LogP contribution < -0.4 is 19.9 Å². The molecule has 0 spiro atoms. The van der Waals surface area contributed by atoms with Gasteiger partial charge in [-0.25, -0.2) is 5.01 Å². The minimum Gasteiger partial charge on any atom is -0.496 e. The van der Waals surface area contributed by atoms with Crippen molar-refractivity contribution < 1.29 is 19.0 Å². The number of hydrogen-bond donors (Lipinski definition) is 1. The third kappa shape index (κ3) is 3.70. The molecule has 1 aliphatic carbocycles. The molecule has 1 heterocycles. The molecule has 0 aromatic heterocycles. The Hall–Kier alpha value is -3.18. The van der Waals surface area contributed by atoms with Crippen LogP contribution in [0.25, 0.3) is 0 Å². The van der Waals surface area contributed by atoms with Crippen molar-refractivity contribution in [3.63, 3.8) is 0 Å². The second-order valence-corrected chi connectivity index (χ2v) is 8.75. The fraction of sp³-hybridized carbons (Fsp3) is 0.478. The normalized spacial score (nSPS) is 20.5. The number of hydrogen-bond acceptors (Lipinski definition) is 8. The van der Waals surface area contributed by atoms with E-state index in [0.29, 0.717) is 52.6 Å². The van der Waals surface area contributed by atoms with Crippen LogP contribution in [0.5, 0.6) is 17.2 Å². The van der Waals surface area contributed by atoms with E-state index < -0.39 is 5.92 Å². The van der Waals surface area contributed by atoms with Crippen LogP contribution in [-0.2, 0) is 4.79 Å². The molecule has 1 atom stereocenters. The molecule has 0 radical (unpaired) electrons. The molecule has 0 fully saturated rings. The molecule has 31 heavy (non-hydrogen) atoms. The van der Waals surface area contributed by atoms with Gasteiger partial charge in [-0.05, 0) is 17.9 Å². The fourth-order valence-electron chi connectivity index (χ4n) is 4.54. The number of methoxy groups -OCH3 is 3. The summed E-state index contributed by atoms with van der Waals surface area (Å²) in [5.41, 5.74) is 8.62. The number of nitrogens with two attached hydrogens (primary N) is 1. The second-order valence-electron chi connectivity index (χ2n) is 8.75. The van der Waals surface area contributed by atoms with E-state index in [2.05, 4.69) is 19.9 Å². The van der Waals surface area contributed by atoms with Gasteiger partial charge in [0, 0.05) is 43.4 Å². The summed E-state index contributed by atoms with van der Waals surface area (Å²) in [6, 6.07) is 5.71. The lowest BCUT2D eigenvalue weighted by molar-refractivity contribution is -0.119. The smallest absolute Gasteiger partial charge is 0.164 e. The van der Waals surface area contributed by atoms with Gasteiger partial charge < -0.3 is 19.9 Å². The Labute approximate surface area is 183 Å². The van der Waals surface area contributed by atoms with E-state index in [1.807, 2.05) is 14.1 Å². The zero-order valence-electron chi connectivity index (χ0n) is 19.2. The van der Waals surface area contributed by atoms with Crippen LogP contribution in [0.2, 0.25) is 0 Å². The number of hydrazine groups is 1. The Kier molecular flexibility index (Phi) is 5.92. The first-order valence-electron chi connectivity index (χ1n) is 10.0. The van der Waals surface area contributed by atoms with E-state index in [1.54, 1.807) is 36.4 Å². The molecule has 0 saturated carbocycles. The Bertz CT molecular complexity index is 1020. The summed E-state index contributed by atoms with van der Waals surface area (Å²) in [4.78, 5) is 13.5. The lowest BCUT2D eigenvalue weighted by Gasteiger charge is -2.45. The number of Topliss-reactive ketones (excluding diaryl/α,β-unsaturated/α-hetero) is 1. The van der Waals surface area contributed by atoms with Gasteiger partial charge in [-0.1, -0.05) is 13.8 Å². The molecule has 3 rings (SSSR count). The first kappa shape index (κ1) is 22.5. The zero-order valence-corrected chi connectivity index (χ0v) is 19.2. The van der Waals surface area contributed by atoms with Gasteiger partial charge in [0.25, 0.3) is 0 Å². The predicted octanol–water partition coefficient (Wildman–Crippen LogP) is 2.93. The Morgan fingerprint density at radius 3 is 2.19 bits per heavy atom. The molecular weight excluding hydrogens is 396 g/mol. The molecule has 0 unspecified atom stereocenters. The van der Waals surface area contributed by atoms with Crippen LogP contribution in [0.3, 0.4) is 0 Å². The van der Waals surface area contributed by atoms with Gasteiger partial charge in [0.15, 0.2) is 17.3 Å². The van der Waals surface area contributed by atoms with Crippen molar-refractivity contribution in [2.45, 2.75) is 32.6 Å². The largest absolute Gasteiger partial charge is 0.496 e. The molecule has 0 bridgehead atoms. The minimum atomic E-state index is -0.658. The monoisotopic (exact) mass is 426 g/mol. The zero-order chi connectivity index (χ0) is 23.1. The van der Waals surface area contributed by atoms with Crippen LogP contribution in [0.4, 0.5) is 0 Å². The Morgan fingerprint density at radius 2 is 1.68 bits per heavy atom. The van der Waals surface area contributed by atoms with Gasteiger partial charge in [-0.2, -0.15) is 5.26 Å². The maximum Gasteiger partial charge on any atom is 0.164 e. The van der Waals surface area contributed by atoms with Gasteiger partial charge in [0.2, 0.25) is 0 Å². The van der Waals surface area contributed by atoms with Crippen molar-refractivity contribution in [3.05, 3.63) is 40.4 Å². The number of carbonyl (C=O) groups is 1. The summed E-state index contributed by atoms with van der Waals surface area (Å²) < 4.78 is 16.5. The van der Waals surface area contributed by atoms with Crippen LogP contribution in [0.1, 0.15) is 38.2 Å². The third-order valence-electron chi connectivity index (χ3n) is 5.80. The number of rotatable bonds is 5. The molecule has 8 nitrogen and oxygen atoms in total. The van der Waals surface area contributed by atoms with Crippen LogP contribution in [0.15, 0.2) is 34.8 Å². The first-order chi connectivity index (χ1) is 14.6. The van der Waals surface area contributed by atoms with Crippen LogP contribution >= 0.6 is 0 Å². The van der Waals surface area contributed by atoms with Crippen molar-refractivity contribution >= 4 is 5.78 Å². The average Bonchev–Trinajstić information content (AvgIpc) is 2.70. The van der Waals surface area contributed by atoms with Gasteiger partial charge in [0.1, 0.15) is 11.6 Å². The number of allylic oxidation sites excluding steroid dienone is 3. The summed E-state index contributed by atoms with van der Waals surface area (Å²) in [5.74, 6) is 1.11. The Morgan fingerprint density at radius 1 is 1.10 bits per heavy atom. The third-order valence-corrected chi connectivity index (χ3v) is 5.80. The van der Waals surface area contributed by atoms with Gasteiger partial charge in [-0.3, -0.25) is 9.80 Å². The van der Waals surface area contributed by atoms with E-state index in [4.69, 9.17) is 19.9 Å². The number of carbonyl (C=O) groups excluding carboxylic acids is 1. The molecule has 2 aliphatic rings. The lowest BCUT2D eigenvalue weighted by atomic mass is 9.69. The molecule has 1 aromatic rings. The number of ketones is 1. The van der Waals surface area contributed by atoms with E-state index in [1.165, 1.54) is 7.11 Å². The maximum absolute atomic E-state index is 13.5. The molecule has 1 aliphatic heterocycles. The minimum absolute atomic E-state index is 0.000174. The fourth-order valence-corrected chi connectivity index (χ4v) is 4.54. The van der Waals surface area contributed by atoms with Gasteiger partial charge in [-0.15, -0.1) is 0 Å². The predicted molar refractivity (Wildman–Crippen MR) is 116 cm³/mol. The molecule has 166 valence electrons. The number of ether oxygens (including phenoxy) is 3. The molecule has 1 aromatic carbocycles. The summed E-state index contributed by atoms with van der Waals surface area (Å²) in [6.07, 6.45) is 1.04. The molecule has 8 heteroatoms. The number of nitriles is 1. The standard InChI is InChI=1S/C23H30N4O4/c1-23(2)10-15-21(16(28)11-23)20(14(12-24)22(25)27(15)26(3)4)13-8-18(30-6)19(31-7)9-17(13)29-5/h8-9,20H,10-11,25H2,1-7H3/t20-/m0/s1. The topological polar surface area (TPSA) is 101 Å². The first-order valence-corrected chi connectivity index (χ1v) is 10.0. The summed E-state index contributed by atoms with van der Waals surface area (Å²) in [5, 5.41) is 13.7. The number of nitrogens with zero attached hydrogens (tertiary/aromatic N) is 3. The van der Waals surface area contributed by atoms with Crippen molar-refractivity contribution in [2.75, 3.05) is 35.4 Å². The highest BCUT2D eigenvalue weighted by atomic mass is 16.5. The molecule has 2 N–H and O–H groups in total. The van der Waals surface area contributed by atoms with E-state index in [9.17, 15) is 10.1 Å². The van der Waals surface area contributed by atoms with Crippen molar-refractivity contribution in [2.24, 2.45) is 11.1 Å². The van der Waals surface area contributed by atoms with Crippen molar-refractivity contribution in [1.29, 1.82) is 5.26 Å². The quantitative estimate of drug-likeness (QED) is 0.767. The maximum atomic E-state index is 13.5.